The number of ether oxygens (including phenoxy) is 2. The normalized spacial score (nSPS) is 20.0. The van der Waals surface area contributed by atoms with E-state index in [1.54, 1.807) is 26.0 Å². The molecule has 0 saturated carbocycles. The number of hydrogen-bond acceptors (Lipinski definition) is 4. The Kier molecular flexibility index (Phi) is 5.45. The van der Waals surface area contributed by atoms with Crippen LogP contribution < -0.4 is 9.47 Å². The smallest absolute Gasteiger partial charge is 0.236 e. The van der Waals surface area contributed by atoms with Crippen molar-refractivity contribution in [2.75, 3.05) is 14.2 Å². The Balaban J connectivity index is 1.88. The van der Waals surface area contributed by atoms with Gasteiger partial charge >= 0.3 is 0 Å². The third kappa shape index (κ3) is 3.72. The predicted molar refractivity (Wildman–Crippen MR) is 101 cm³/mol. The fourth-order valence-corrected chi connectivity index (χ4v) is 4.30. The molecule has 0 bridgehead atoms. The van der Waals surface area contributed by atoms with Crippen molar-refractivity contribution in [2.24, 2.45) is 0 Å². The molecule has 3 rings (SSSR count). The maximum Gasteiger partial charge on any atom is 0.236 e. The molecular formula is C19H20ClNO3S. The molecule has 1 heterocycles. The van der Waals surface area contributed by atoms with Gasteiger partial charge in [-0.25, -0.2) is 0 Å². The van der Waals surface area contributed by atoms with Crippen molar-refractivity contribution < 1.29 is 14.3 Å². The second-order valence-electron chi connectivity index (χ2n) is 5.84. The van der Waals surface area contributed by atoms with E-state index < -0.39 is 0 Å². The van der Waals surface area contributed by atoms with Gasteiger partial charge in [0.25, 0.3) is 0 Å². The van der Waals surface area contributed by atoms with Gasteiger partial charge in [-0.3, -0.25) is 4.79 Å². The summed E-state index contributed by atoms with van der Waals surface area (Å²) in [5.41, 5.74) is 2.08. The van der Waals surface area contributed by atoms with Gasteiger partial charge in [-0.15, -0.1) is 11.8 Å². The fraction of sp³-hybridized carbons (Fsp3) is 0.316. The molecule has 1 aliphatic rings. The molecule has 0 unspecified atom stereocenters. The van der Waals surface area contributed by atoms with Crippen LogP contribution in [0.5, 0.6) is 11.5 Å². The van der Waals surface area contributed by atoms with Crippen LogP contribution in [-0.4, -0.2) is 30.3 Å². The maximum atomic E-state index is 12.7. The van der Waals surface area contributed by atoms with Crippen molar-refractivity contribution in [3.63, 3.8) is 0 Å². The zero-order chi connectivity index (χ0) is 18.0. The number of rotatable bonds is 5. The molecule has 25 heavy (non-hydrogen) atoms. The second-order valence-corrected chi connectivity index (χ2v) is 7.70. The number of halogens is 1. The lowest BCUT2D eigenvalue weighted by molar-refractivity contribution is -0.130. The van der Waals surface area contributed by atoms with E-state index >= 15 is 0 Å². The molecule has 1 aliphatic heterocycles. The monoisotopic (exact) mass is 377 g/mol. The second kappa shape index (κ2) is 7.58. The van der Waals surface area contributed by atoms with Gasteiger partial charge in [-0.1, -0.05) is 29.8 Å². The van der Waals surface area contributed by atoms with E-state index in [4.69, 9.17) is 21.1 Å². The lowest BCUT2D eigenvalue weighted by Gasteiger charge is -2.24. The standard InChI is InChI=1S/C19H20ClNO3S/c1-12-18(22)21(19(25-12)14-5-7-15(20)8-6-14)11-13-4-9-16(23-2)17(10-13)24-3/h4-10,12,19H,11H2,1-3H3/t12-,19+/m1/s1. The summed E-state index contributed by atoms with van der Waals surface area (Å²) < 4.78 is 10.6. The molecule has 2 aromatic rings. The predicted octanol–water partition coefficient (Wildman–Crippen LogP) is 4.52. The first kappa shape index (κ1) is 18.0. The van der Waals surface area contributed by atoms with Crippen LogP contribution in [-0.2, 0) is 11.3 Å². The first-order valence-electron chi connectivity index (χ1n) is 7.95. The lowest BCUT2D eigenvalue weighted by atomic mass is 10.1. The molecule has 1 amide bonds. The molecule has 2 aromatic carbocycles. The highest BCUT2D eigenvalue weighted by atomic mass is 35.5. The van der Waals surface area contributed by atoms with Crippen LogP contribution >= 0.6 is 23.4 Å². The molecule has 6 heteroatoms. The molecule has 4 nitrogen and oxygen atoms in total. The molecule has 0 aliphatic carbocycles. The first-order valence-corrected chi connectivity index (χ1v) is 9.28. The molecule has 132 valence electrons. The number of carbonyl (C=O) groups excluding carboxylic acids is 1. The van der Waals surface area contributed by atoms with Crippen molar-refractivity contribution in [1.29, 1.82) is 0 Å². The maximum absolute atomic E-state index is 12.7. The summed E-state index contributed by atoms with van der Waals surface area (Å²) in [6.07, 6.45) is 0. The highest BCUT2D eigenvalue weighted by molar-refractivity contribution is 8.01. The van der Waals surface area contributed by atoms with Crippen LogP contribution in [0.3, 0.4) is 0 Å². The number of thioether (sulfide) groups is 1. The Bertz CT molecular complexity index is 766. The minimum Gasteiger partial charge on any atom is -0.493 e. The number of methoxy groups -OCH3 is 2. The zero-order valence-corrected chi connectivity index (χ0v) is 15.9. The van der Waals surface area contributed by atoms with Crippen LogP contribution in [0, 0.1) is 0 Å². The van der Waals surface area contributed by atoms with Crippen LogP contribution in [0.4, 0.5) is 0 Å². The number of carbonyl (C=O) groups is 1. The summed E-state index contributed by atoms with van der Waals surface area (Å²) >= 11 is 7.65. The summed E-state index contributed by atoms with van der Waals surface area (Å²) in [5, 5.41) is 0.603. The molecule has 2 atom stereocenters. The van der Waals surface area contributed by atoms with E-state index in [0.717, 1.165) is 11.1 Å². The Morgan fingerprint density at radius 1 is 1.08 bits per heavy atom. The third-order valence-electron chi connectivity index (χ3n) is 4.20. The van der Waals surface area contributed by atoms with E-state index in [9.17, 15) is 4.79 Å². The van der Waals surface area contributed by atoms with Gasteiger partial charge < -0.3 is 14.4 Å². The molecule has 0 spiro atoms. The van der Waals surface area contributed by atoms with E-state index in [1.165, 1.54) is 0 Å². The molecular weight excluding hydrogens is 358 g/mol. The Morgan fingerprint density at radius 2 is 1.76 bits per heavy atom. The van der Waals surface area contributed by atoms with Gasteiger partial charge in [0, 0.05) is 11.6 Å². The molecule has 1 saturated heterocycles. The van der Waals surface area contributed by atoms with Crippen molar-refractivity contribution in [3.05, 3.63) is 58.6 Å². The van der Waals surface area contributed by atoms with Crippen molar-refractivity contribution in [3.8, 4) is 11.5 Å². The summed E-state index contributed by atoms with van der Waals surface area (Å²) in [6.45, 7) is 2.47. The van der Waals surface area contributed by atoms with Gasteiger partial charge in [0.1, 0.15) is 5.37 Å². The van der Waals surface area contributed by atoms with Crippen molar-refractivity contribution in [1.82, 2.24) is 4.90 Å². The van der Waals surface area contributed by atoms with Crippen LogP contribution in [0.15, 0.2) is 42.5 Å². The Hall–Kier alpha value is -1.85. The average Bonchev–Trinajstić information content (AvgIpc) is 2.90. The summed E-state index contributed by atoms with van der Waals surface area (Å²) in [6, 6.07) is 13.4. The highest BCUT2D eigenvalue weighted by Crippen LogP contribution is 2.44. The van der Waals surface area contributed by atoms with Gasteiger partial charge in [0.05, 0.1) is 19.5 Å². The third-order valence-corrected chi connectivity index (χ3v) is 5.85. The fourth-order valence-electron chi connectivity index (χ4n) is 2.90. The first-order chi connectivity index (χ1) is 12.0. The van der Waals surface area contributed by atoms with E-state index in [-0.39, 0.29) is 16.5 Å². The lowest BCUT2D eigenvalue weighted by Crippen LogP contribution is -2.29. The van der Waals surface area contributed by atoms with Crippen molar-refractivity contribution in [2.45, 2.75) is 24.1 Å². The Morgan fingerprint density at radius 3 is 2.40 bits per heavy atom. The SMILES string of the molecule is COc1ccc(CN2C(=O)[C@@H](C)S[C@H]2c2ccc(Cl)cc2)cc1OC. The van der Waals surface area contributed by atoms with Gasteiger partial charge in [-0.05, 0) is 42.3 Å². The minimum absolute atomic E-state index is 0.0205. The zero-order valence-electron chi connectivity index (χ0n) is 14.4. The summed E-state index contributed by atoms with van der Waals surface area (Å²) in [4.78, 5) is 14.6. The number of nitrogens with zero attached hydrogens (tertiary/aromatic N) is 1. The Labute approximate surface area is 157 Å². The number of hydrogen-bond donors (Lipinski definition) is 0. The molecule has 0 aromatic heterocycles. The molecule has 0 radical (unpaired) electrons. The largest absolute Gasteiger partial charge is 0.493 e. The summed E-state index contributed by atoms with van der Waals surface area (Å²) in [5.74, 6) is 1.48. The van der Waals surface area contributed by atoms with Gasteiger partial charge in [-0.2, -0.15) is 0 Å². The van der Waals surface area contributed by atoms with E-state index in [1.807, 2.05) is 54.3 Å². The number of benzene rings is 2. The molecule has 1 fully saturated rings. The quantitative estimate of drug-likeness (QED) is 0.767. The van der Waals surface area contributed by atoms with E-state index in [2.05, 4.69) is 0 Å². The number of amides is 1. The van der Waals surface area contributed by atoms with Crippen molar-refractivity contribution >= 4 is 29.3 Å². The van der Waals surface area contributed by atoms with Crippen LogP contribution in [0.1, 0.15) is 23.4 Å². The van der Waals surface area contributed by atoms with Crippen LogP contribution in [0.25, 0.3) is 0 Å². The van der Waals surface area contributed by atoms with Gasteiger partial charge in [0.15, 0.2) is 11.5 Å². The van der Waals surface area contributed by atoms with Gasteiger partial charge in [0.2, 0.25) is 5.91 Å². The van der Waals surface area contributed by atoms with E-state index in [0.29, 0.717) is 23.1 Å². The average molecular weight is 378 g/mol. The topological polar surface area (TPSA) is 38.8 Å². The summed E-state index contributed by atoms with van der Waals surface area (Å²) in [7, 11) is 3.22. The highest BCUT2D eigenvalue weighted by Gasteiger charge is 2.38. The minimum atomic E-state index is -0.0687. The molecule has 0 N–H and O–H groups in total. The van der Waals surface area contributed by atoms with Crippen LogP contribution in [0.2, 0.25) is 5.02 Å².